The monoisotopic (exact) mass is 153 g/mol. The fraction of sp³-hybridized carbons (Fsp3) is 0.714. The molecule has 4 heteroatoms. The van der Waals surface area contributed by atoms with Gasteiger partial charge in [-0.05, 0) is 6.92 Å². The van der Waals surface area contributed by atoms with Crippen LogP contribution in [0.5, 0.6) is 0 Å². The molecule has 0 aromatic heterocycles. The molecule has 0 aromatic rings. The minimum Gasteiger partial charge on any atom is -0.329 e. The van der Waals surface area contributed by atoms with Crippen LogP contribution in [0.15, 0.2) is 0 Å². The molecule has 0 bridgehead atoms. The standard InChI is InChI=1S/C7H11N3O/c1-2-10-6-9(4-3-8)5-7(10)11/h2,4-6H2,1H3. The highest BCUT2D eigenvalue weighted by Crippen LogP contribution is 2.04. The third-order valence-electron chi connectivity index (χ3n) is 1.76. The van der Waals surface area contributed by atoms with Crippen LogP contribution in [0, 0.1) is 11.3 Å². The topological polar surface area (TPSA) is 47.3 Å². The Kier molecular flexibility index (Phi) is 2.44. The van der Waals surface area contributed by atoms with Gasteiger partial charge in [0.1, 0.15) is 0 Å². The van der Waals surface area contributed by atoms with Crippen molar-refractivity contribution in [3.63, 3.8) is 0 Å². The number of likely N-dealkylation sites (N-methyl/N-ethyl adjacent to an activating group) is 1. The predicted molar refractivity (Wildman–Crippen MR) is 39.4 cm³/mol. The molecule has 0 aromatic carbocycles. The van der Waals surface area contributed by atoms with E-state index in [-0.39, 0.29) is 5.91 Å². The van der Waals surface area contributed by atoms with E-state index in [1.807, 2.05) is 17.9 Å². The predicted octanol–water partition coefficient (Wildman–Crippen LogP) is -0.368. The van der Waals surface area contributed by atoms with Crippen molar-refractivity contribution in [3.8, 4) is 6.07 Å². The average Bonchev–Trinajstić information content (AvgIpc) is 2.32. The number of carbonyl (C=O) groups excluding carboxylic acids is 1. The van der Waals surface area contributed by atoms with Gasteiger partial charge in [-0.2, -0.15) is 5.26 Å². The summed E-state index contributed by atoms with van der Waals surface area (Å²) in [5.74, 6) is 0.128. The van der Waals surface area contributed by atoms with Gasteiger partial charge < -0.3 is 4.90 Å². The van der Waals surface area contributed by atoms with Crippen molar-refractivity contribution in [1.29, 1.82) is 5.26 Å². The lowest BCUT2D eigenvalue weighted by atomic mass is 10.5. The lowest BCUT2D eigenvalue weighted by Gasteiger charge is -2.12. The second-order valence-corrected chi connectivity index (χ2v) is 2.54. The van der Waals surface area contributed by atoms with Crippen molar-refractivity contribution < 1.29 is 4.79 Å². The molecule has 1 amide bonds. The first kappa shape index (κ1) is 8.02. The van der Waals surface area contributed by atoms with Crippen molar-refractivity contribution in [1.82, 2.24) is 9.80 Å². The molecule has 0 saturated carbocycles. The zero-order valence-corrected chi connectivity index (χ0v) is 6.58. The largest absolute Gasteiger partial charge is 0.329 e. The second kappa shape index (κ2) is 3.35. The molecule has 11 heavy (non-hydrogen) atoms. The van der Waals surface area contributed by atoms with Crippen molar-refractivity contribution in [2.75, 3.05) is 26.3 Å². The van der Waals surface area contributed by atoms with Crippen molar-refractivity contribution in [3.05, 3.63) is 0 Å². The first-order chi connectivity index (χ1) is 5.27. The van der Waals surface area contributed by atoms with Gasteiger partial charge in [-0.25, -0.2) is 0 Å². The smallest absolute Gasteiger partial charge is 0.237 e. The minimum absolute atomic E-state index is 0.128. The fourth-order valence-electron chi connectivity index (χ4n) is 1.14. The van der Waals surface area contributed by atoms with E-state index in [9.17, 15) is 4.79 Å². The molecule has 1 fully saturated rings. The normalized spacial score (nSPS) is 18.9. The molecule has 0 aliphatic carbocycles. The van der Waals surface area contributed by atoms with Crippen LogP contribution in [0.1, 0.15) is 6.92 Å². The van der Waals surface area contributed by atoms with Gasteiger partial charge in [0.15, 0.2) is 0 Å². The molecule has 60 valence electrons. The summed E-state index contributed by atoms with van der Waals surface area (Å²) in [6.45, 7) is 4.04. The summed E-state index contributed by atoms with van der Waals surface area (Å²) in [6.07, 6.45) is 0. The summed E-state index contributed by atoms with van der Waals surface area (Å²) in [5.41, 5.74) is 0. The minimum atomic E-state index is 0.128. The Labute approximate surface area is 66.0 Å². The zero-order valence-electron chi connectivity index (χ0n) is 6.58. The molecule has 4 nitrogen and oxygen atoms in total. The Morgan fingerprint density at radius 2 is 2.45 bits per heavy atom. The molecule has 1 rings (SSSR count). The summed E-state index contributed by atoms with van der Waals surface area (Å²) in [6, 6.07) is 2.02. The Hall–Kier alpha value is -1.08. The number of rotatable bonds is 2. The quantitative estimate of drug-likeness (QED) is 0.508. The van der Waals surface area contributed by atoms with Gasteiger partial charge in [0.2, 0.25) is 5.91 Å². The maximum absolute atomic E-state index is 11.1. The van der Waals surface area contributed by atoms with Crippen molar-refractivity contribution in [2.45, 2.75) is 6.92 Å². The molecular formula is C7H11N3O. The molecule has 1 saturated heterocycles. The summed E-state index contributed by atoms with van der Waals surface area (Å²) in [7, 11) is 0. The fourth-order valence-corrected chi connectivity index (χ4v) is 1.14. The third kappa shape index (κ3) is 1.69. The van der Waals surface area contributed by atoms with E-state index in [1.165, 1.54) is 0 Å². The molecule has 0 atom stereocenters. The maximum atomic E-state index is 11.1. The summed E-state index contributed by atoms with van der Waals surface area (Å²) >= 11 is 0. The van der Waals surface area contributed by atoms with E-state index in [2.05, 4.69) is 0 Å². The van der Waals surface area contributed by atoms with Crippen LogP contribution >= 0.6 is 0 Å². The molecule has 0 radical (unpaired) electrons. The molecule has 1 aliphatic rings. The summed E-state index contributed by atoms with van der Waals surface area (Å²) < 4.78 is 0. The van der Waals surface area contributed by atoms with Gasteiger partial charge in [0.25, 0.3) is 0 Å². The lowest BCUT2D eigenvalue weighted by molar-refractivity contribution is -0.126. The van der Waals surface area contributed by atoms with Crippen molar-refractivity contribution in [2.24, 2.45) is 0 Å². The van der Waals surface area contributed by atoms with Crippen LogP contribution in [-0.2, 0) is 4.79 Å². The SMILES string of the molecule is CCN1CN(CC#N)CC1=O. The van der Waals surface area contributed by atoms with Crippen molar-refractivity contribution >= 4 is 5.91 Å². The Morgan fingerprint density at radius 1 is 1.73 bits per heavy atom. The zero-order chi connectivity index (χ0) is 8.27. The second-order valence-electron chi connectivity index (χ2n) is 2.54. The van der Waals surface area contributed by atoms with E-state index < -0.39 is 0 Å². The number of hydrogen-bond donors (Lipinski definition) is 0. The highest BCUT2D eigenvalue weighted by atomic mass is 16.2. The third-order valence-corrected chi connectivity index (χ3v) is 1.76. The van der Waals surface area contributed by atoms with Crippen LogP contribution in [-0.4, -0.2) is 42.0 Å². The first-order valence-electron chi connectivity index (χ1n) is 3.65. The number of nitriles is 1. The molecule has 0 unspecified atom stereocenters. The van der Waals surface area contributed by atoms with Crippen LogP contribution in [0.25, 0.3) is 0 Å². The lowest BCUT2D eigenvalue weighted by Crippen LogP contribution is -2.26. The first-order valence-corrected chi connectivity index (χ1v) is 3.65. The Morgan fingerprint density at radius 3 is 2.91 bits per heavy atom. The summed E-state index contributed by atoms with van der Waals surface area (Å²) in [4.78, 5) is 14.6. The van der Waals surface area contributed by atoms with Gasteiger partial charge in [-0.3, -0.25) is 9.69 Å². The van der Waals surface area contributed by atoms with Gasteiger partial charge in [-0.1, -0.05) is 0 Å². The summed E-state index contributed by atoms with van der Waals surface area (Å²) in [5, 5.41) is 8.35. The van der Waals surface area contributed by atoms with Gasteiger partial charge in [-0.15, -0.1) is 0 Å². The molecular weight excluding hydrogens is 142 g/mol. The molecule has 1 aliphatic heterocycles. The van der Waals surface area contributed by atoms with E-state index in [0.717, 1.165) is 6.54 Å². The molecule has 0 spiro atoms. The van der Waals surface area contributed by atoms with Crippen LogP contribution in [0.2, 0.25) is 0 Å². The van der Waals surface area contributed by atoms with Crippen LogP contribution < -0.4 is 0 Å². The highest BCUT2D eigenvalue weighted by Gasteiger charge is 2.24. The Balaban J connectivity index is 2.44. The number of nitrogens with zero attached hydrogens (tertiary/aromatic N) is 3. The van der Waals surface area contributed by atoms with Gasteiger partial charge >= 0.3 is 0 Å². The maximum Gasteiger partial charge on any atom is 0.237 e. The van der Waals surface area contributed by atoms with E-state index in [4.69, 9.17) is 5.26 Å². The van der Waals surface area contributed by atoms with Crippen LogP contribution in [0.3, 0.4) is 0 Å². The molecule has 0 N–H and O–H groups in total. The van der Waals surface area contributed by atoms with E-state index in [0.29, 0.717) is 19.8 Å². The van der Waals surface area contributed by atoms with Gasteiger partial charge in [0.05, 0.1) is 25.8 Å². The number of hydrogen-bond acceptors (Lipinski definition) is 3. The Bertz CT molecular complexity index is 196. The van der Waals surface area contributed by atoms with Crippen LogP contribution in [0.4, 0.5) is 0 Å². The highest BCUT2D eigenvalue weighted by molar-refractivity contribution is 5.80. The average molecular weight is 153 g/mol. The molecule has 1 heterocycles. The van der Waals surface area contributed by atoms with E-state index >= 15 is 0 Å². The van der Waals surface area contributed by atoms with Gasteiger partial charge in [0, 0.05) is 6.54 Å². The number of carbonyl (C=O) groups is 1. The van der Waals surface area contributed by atoms with E-state index in [1.54, 1.807) is 4.90 Å². The number of amides is 1.